The normalized spacial score (nSPS) is 10.8. The molecule has 0 unspecified atom stereocenters. The number of nitrogens with zero attached hydrogens (tertiary/aromatic N) is 3. The first-order valence-electron chi connectivity index (χ1n) is 10.1. The van der Waals surface area contributed by atoms with Crippen LogP contribution in [-0.4, -0.2) is 25.8 Å². The van der Waals surface area contributed by atoms with Crippen LogP contribution in [0.2, 0.25) is 0 Å². The fourth-order valence-corrected chi connectivity index (χ4v) is 3.29. The third kappa shape index (κ3) is 5.19. The topological polar surface area (TPSA) is 68.0 Å². The van der Waals surface area contributed by atoms with Gasteiger partial charge < -0.3 is 5.11 Å². The summed E-state index contributed by atoms with van der Waals surface area (Å²) in [5.74, 6) is 0.966. The van der Waals surface area contributed by atoms with Crippen LogP contribution in [0.1, 0.15) is 53.8 Å². The van der Waals surface area contributed by atoms with Crippen molar-refractivity contribution in [2.75, 3.05) is 0 Å². The van der Waals surface area contributed by atoms with Crippen LogP contribution in [-0.2, 0) is 19.4 Å². The molecular formula is C24H27N3O2. The zero-order chi connectivity index (χ0) is 20.6. The Kier molecular flexibility index (Phi) is 6.95. The average Bonchev–Trinajstić information content (AvgIpc) is 3.12. The van der Waals surface area contributed by atoms with Crippen LogP contribution in [0.15, 0.2) is 61.2 Å². The van der Waals surface area contributed by atoms with Crippen molar-refractivity contribution in [3.63, 3.8) is 0 Å². The molecule has 3 aromatic rings. The zero-order valence-electron chi connectivity index (χ0n) is 16.8. The Morgan fingerprint density at radius 2 is 1.90 bits per heavy atom. The molecule has 0 aliphatic carbocycles. The van der Waals surface area contributed by atoms with Crippen LogP contribution in [0, 0.1) is 0 Å². The molecule has 1 heterocycles. The smallest absolute Gasteiger partial charge is 0.336 e. The quantitative estimate of drug-likeness (QED) is 0.487. The highest BCUT2D eigenvalue weighted by Crippen LogP contribution is 2.24. The number of aromatic carboxylic acids is 1. The molecule has 3 rings (SSSR count). The fourth-order valence-electron chi connectivity index (χ4n) is 3.29. The summed E-state index contributed by atoms with van der Waals surface area (Å²) in [4.78, 5) is 16.2. The molecule has 0 saturated heterocycles. The Labute approximate surface area is 171 Å². The molecule has 0 aliphatic rings. The highest BCUT2D eigenvalue weighted by atomic mass is 16.4. The van der Waals surface area contributed by atoms with Gasteiger partial charge in [-0.05, 0) is 35.6 Å². The van der Waals surface area contributed by atoms with Gasteiger partial charge in [-0.15, -0.1) is 6.58 Å². The average molecular weight is 389 g/mol. The summed E-state index contributed by atoms with van der Waals surface area (Å²) >= 11 is 0. The van der Waals surface area contributed by atoms with Crippen LogP contribution >= 0.6 is 0 Å². The van der Waals surface area contributed by atoms with Crippen LogP contribution in [0.25, 0.3) is 11.1 Å². The number of benzene rings is 2. The van der Waals surface area contributed by atoms with E-state index < -0.39 is 5.97 Å². The van der Waals surface area contributed by atoms with Crippen molar-refractivity contribution in [1.82, 2.24) is 14.8 Å². The molecule has 5 nitrogen and oxygen atoms in total. The van der Waals surface area contributed by atoms with Crippen molar-refractivity contribution in [3.8, 4) is 11.1 Å². The van der Waals surface area contributed by atoms with Crippen molar-refractivity contribution >= 4 is 5.97 Å². The minimum atomic E-state index is -0.918. The molecule has 0 radical (unpaired) electrons. The lowest BCUT2D eigenvalue weighted by atomic mass is 9.99. The number of carboxylic acid groups (broad SMARTS) is 1. The molecule has 0 atom stereocenters. The molecular weight excluding hydrogens is 362 g/mol. The van der Waals surface area contributed by atoms with Crippen molar-refractivity contribution in [3.05, 3.63) is 84.0 Å². The largest absolute Gasteiger partial charge is 0.478 e. The maximum atomic E-state index is 11.5. The molecule has 150 valence electrons. The number of hydrogen-bond donors (Lipinski definition) is 1. The number of carboxylic acids is 1. The molecule has 0 saturated carbocycles. The van der Waals surface area contributed by atoms with E-state index in [9.17, 15) is 9.90 Å². The lowest BCUT2D eigenvalue weighted by Crippen LogP contribution is -2.07. The van der Waals surface area contributed by atoms with Gasteiger partial charge in [0.15, 0.2) is 5.82 Å². The van der Waals surface area contributed by atoms with Crippen molar-refractivity contribution in [2.45, 2.75) is 45.6 Å². The lowest BCUT2D eigenvalue weighted by Gasteiger charge is -2.09. The molecule has 0 amide bonds. The van der Waals surface area contributed by atoms with Gasteiger partial charge in [0, 0.05) is 12.8 Å². The second kappa shape index (κ2) is 9.82. The third-order valence-corrected chi connectivity index (χ3v) is 4.87. The second-order valence-corrected chi connectivity index (χ2v) is 7.08. The van der Waals surface area contributed by atoms with Gasteiger partial charge in [-0.3, -0.25) is 0 Å². The standard InChI is InChI=1S/C24H27N3O2/c1-3-5-11-22-25-23(12-6-4-2)27(26-22)17-18-13-15-19(16-14-18)20-9-7-8-10-21(20)24(28)29/h4,7-10,13-16H,2-3,5-6,11-12,17H2,1H3,(H,28,29). The van der Waals surface area contributed by atoms with Gasteiger partial charge >= 0.3 is 5.97 Å². The van der Waals surface area contributed by atoms with Gasteiger partial charge in [0.05, 0.1) is 12.1 Å². The zero-order valence-corrected chi connectivity index (χ0v) is 16.8. The summed E-state index contributed by atoms with van der Waals surface area (Å²) in [6.07, 6.45) is 6.71. The summed E-state index contributed by atoms with van der Waals surface area (Å²) in [6, 6.07) is 15.1. The SMILES string of the molecule is C=CCCc1nc(CCCC)nn1Cc1ccc(-c2ccccc2C(=O)O)cc1. The third-order valence-electron chi connectivity index (χ3n) is 4.87. The Morgan fingerprint density at radius 1 is 1.14 bits per heavy atom. The van der Waals surface area contributed by atoms with Crippen molar-refractivity contribution in [1.29, 1.82) is 0 Å². The van der Waals surface area contributed by atoms with Crippen LogP contribution < -0.4 is 0 Å². The first-order chi connectivity index (χ1) is 14.1. The number of carbonyl (C=O) groups is 1. The van der Waals surface area contributed by atoms with E-state index in [0.29, 0.717) is 12.1 Å². The molecule has 29 heavy (non-hydrogen) atoms. The molecule has 0 fully saturated rings. The van der Waals surface area contributed by atoms with Crippen LogP contribution in [0.4, 0.5) is 0 Å². The van der Waals surface area contributed by atoms with Crippen LogP contribution in [0.3, 0.4) is 0 Å². The van der Waals surface area contributed by atoms with Gasteiger partial charge in [0.25, 0.3) is 0 Å². The molecule has 5 heteroatoms. The first kappa shape index (κ1) is 20.5. The molecule has 0 aliphatic heterocycles. The van der Waals surface area contributed by atoms with E-state index >= 15 is 0 Å². The number of hydrogen-bond acceptors (Lipinski definition) is 3. The second-order valence-electron chi connectivity index (χ2n) is 7.08. The van der Waals surface area contributed by atoms with Crippen molar-refractivity contribution in [2.24, 2.45) is 0 Å². The summed E-state index contributed by atoms with van der Waals surface area (Å²) in [6.45, 7) is 6.62. The number of allylic oxidation sites excluding steroid dienone is 1. The van der Waals surface area contributed by atoms with E-state index in [1.165, 1.54) is 0 Å². The Morgan fingerprint density at radius 3 is 2.59 bits per heavy atom. The predicted octanol–water partition coefficient (Wildman–Crippen LogP) is 5.15. The number of aromatic nitrogens is 3. The molecule has 2 aromatic carbocycles. The van der Waals surface area contributed by atoms with Crippen LogP contribution in [0.5, 0.6) is 0 Å². The first-order valence-corrected chi connectivity index (χ1v) is 10.1. The number of unbranched alkanes of at least 4 members (excludes halogenated alkanes) is 1. The number of rotatable bonds is 10. The highest BCUT2D eigenvalue weighted by molar-refractivity contribution is 5.95. The summed E-state index contributed by atoms with van der Waals surface area (Å²) in [7, 11) is 0. The van der Waals surface area contributed by atoms with E-state index in [1.807, 2.05) is 47.2 Å². The summed E-state index contributed by atoms with van der Waals surface area (Å²) in [5.41, 5.74) is 3.03. The van der Waals surface area contributed by atoms with E-state index in [-0.39, 0.29) is 0 Å². The Bertz CT molecular complexity index is 974. The minimum Gasteiger partial charge on any atom is -0.478 e. The predicted molar refractivity (Wildman–Crippen MR) is 115 cm³/mol. The lowest BCUT2D eigenvalue weighted by molar-refractivity contribution is 0.0697. The van der Waals surface area contributed by atoms with E-state index in [0.717, 1.165) is 60.4 Å². The van der Waals surface area contributed by atoms with E-state index in [2.05, 4.69) is 13.5 Å². The fraction of sp³-hybridized carbons (Fsp3) is 0.292. The van der Waals surface area contributed by atoms with E-state index in [4.69, 9.17) is 10.1 Å². The summed E-state index contributed by atoms with van der Waals surface area (Å²) < 4.78 is 1.98. The monoisotopic (exact) mass is 389 g/mol. The van der Waals surface area contributed by atoms with Gasteiger partial charge in [-0.1, -0.05) is 61.9 Å². The van der Waals surface area contributed by atoms with Gasteiger partial charge in [0.2, 0.25) is 0 Å². The molecule has 1 aromatic heterocycles. The summed E-state index contributed by atoms with van der Waals surface area (Å²) in [5, 5.41) is 14.1. The van der Waals surface area contributed by atoms with Gasteiger partial charge in [-0.25, -0.2) is 14.5 Å². The maximum Gasteiger partial charge on any atom is 0.336 e. The minimum absolute atomic E-state index is 0.309. The molecule has 0 spiro atoms. The van der Waals surface area contributed by atoms with Gasteiger partial charge in [-0.2, -0.15) is 5.10 Å². The molecule has 1 N–H and O–H groups in total. The number of aryl methyl sites for hydroxylation is 2. The van der Waals surface area contributed by atoms with Crippen molar-refractivity contribution < 1.29 is 9.90 Å². The van der Waals surface area contributed by atoms with E-state index in [1.54, 1.807) is 12.1 Å². The molecule has 0 bridgehead atoms. The maximum absolute atomic E-state index is 11.5. The highest BCUT2D eigenvalue weighted by Gasteiger charge is 2.12. The Balaban J connectivity index is 1.81. The van der Waals surface area contributed by atoms with Gasteiger partial charge in [0.1, 0.15) is 5.82 Å². The Hall–Kier alpha value is -3.21.